The Morgan fingerprint density at radius 3 is 2.80 bits per heavy atom. The summed E-state index contributed by atoms with van der Waals surface area (Å²) in [6.45, 7) is 0.611. The van der Waals surface area contributed by atoms with E-state index in [4.69, 9.17) is 4.42 Å². The summed E-state index contributed by atoms with van der Waals surface area (Å²) in [7, 11) is 1.70. The van der Waals surface area contributed by atoms with Gasteiger partial charge in [-0.3, -0.25) is 9.48 Å². The van der Waals surface area contributed by atoms with Crippen molar-refractivity contribution < 1.29 is 22.7 Å². The lowest BCUT2D eigenvalue weighted by Crippen LogP contribution is -2.15. The predicted octanol–water partition coefficient (Wildman–Crippen LogP) is 3.29. The van der Waals surface area contributed by atoms with Gasteiger partial charge < -0.3 is 14.5 Å². The number of fused-ring (bicyclic) bond motifs is 1. The van der Waals surface area contributed by atoms with Gasteiger partial charge in [-0.2, -0.15) is 13.9 Å². The number of nitrogens with one attached hydrogen (secondary N) is 1. The summed E-state index contributed by atoms with van der Waals surface area (Å²) < 4.78 is 36.7. The molecule has 0 fully saturated rings. The molecule has 1 aromatic carbocycles. The lowest BCUT2D eigenvalue weighted by molar-refractivity contribution is -0.0489. The fourth-order valence-electron chi connectivity index (χ4n) is 2.45. The first-order valence-electron chi connectivity index (χ1n) is 7.57. The van der Waals surface area contributed by atoms with Crippen molar-refractivity contribution in [3.05, 3.63) is 35.3 Å². The molecule has 0 bridgehead atoms. The number of oxazole rings is 1. The Kier molecular flexibility index (Phi) is 4.39. The Morgan fingerprint density at radius 2 is 2.20 bits per heavy atom. The molecule has 7 nitrogen and oxygen atoms in total. The molecule has 0 aliphatic carbocycles. The molecule has 2 heterocycles. The predicted molar refractivity (Wildman–Crippen MR) is 85.9 cm³/mol. The van der Waals surface area contributed by atoms with Gasteiger partial charge in [0.15, 0.2) is 22.7 Å². The number of aromatic nitrogens is 3. The zero-order valence-electron chi connectivity index (χ0n) is 13.8. The van der Waals surface area contributed by atoms with E-state index in [2.05, 4.69) is 20.1 Å². The molecule has 0 atom stereocenters. The summed E-state index contributed by atoms with van der Waals surface area (Å²) in [6, 6.07) is 2.65. The standard InChI is InChI=1S/C16H16F2N4O3/c1-4-11-20-12-10(24-16(17)18)6-5-9(13(12)25-11)15(23)21-14-8(2)7-19-22(14)3/h5-7,16H,4H2,1-3H3,(H,21,23). The minimum absolute atomic E-state index is 0.0894. The molecule has 3 rings (SSSR count). The van der Waals surface area contributed by atoms with Crippen LogP contribution in [0.15, 0.2) is 22.7 Å². The van der Waals surface area contributed by atoms with Crippen molar-refractivity contribution in [2.24, 2.45) is 7.05 Å². The monoisotopic (exact) mass is 350 g/mol. The molecule has 1 N–H and O–H groups in total. The molecule has 0 saturated heterocycles. The van der Waals surface area contributed by atoms with Crippen LogP contribution in [0, 0.1) is 6.92 Å². The maximum atomic E-state index is 12.6. The number of nitrogens with zero attached hydrogens (tertiary/aromatic N) is 3. The van der Waals surface area contributed by atoms with Crippen molar-refractivity contribution in [2.75, 3.05) is 5.32 Å². The molecule has 2 aromatic heterocycles. The van der Waals surface area contributed by atoms with Crippen molar-refractivity contribution in [3.63, 3.8) is 0 Å². The molecule has 9 heteroatoms. The molecule has 0 aliphatic heterocycles. The molecule has 25 heavy (non-hydrogen) atoms. The molecule has 0 spiro atoms. The second-order valence-corrected chi connectivity index (χ2v) is 5.38. The number of aryl methyl sites for hydroxylation is 3. The first-order chi connectivity index (χ1) is 11.9. The molecule has 0 radical (unpaired) electrons. The normalized spacial score (nSPS) is 11.3. The quantitative estimate of drug-likeness (QED) is 0.763. The van der Waals surface area contributed by atoms with Gasteiger partial charge in [0.25, 0.3) is 5.91 Å². The number of alkyl halides is 2. The zero-order valence-corrected chi connectivity index (χ0v) is 13.8. The van der Waals surface area contributed by atoms with Gasteiger partial charge in [-0.15, -0.1) is 0 Å². The van der Waals surface area contributed by atoms with E-state index < -0.39 is 12.5 Å². The van der Waals surface area contributed by atoms with Gasteiger partial charge >= 0.3 is 6.61 Å². The van der Waals surface area contributed by atoms with E-state index in [1.807, 2.05) is 0 Å². The number of anilines is 1. The van der Waals surface area contributed by atoms with Crippen LogP contribution in [0.5, 0.6) is 5.75 Å². The van der Waals surface area contributed by atoms with E-state index in [1.165, 1.54) is 16.8 Å². The number of benzene rings is 1. The van der Waals surface area contributed by atoms with Crippen molar-refractivity contribution in [3.8, 4) is 5.75 Å². The summed E-state index contributed by atoms with van der Waals surface area (Å²) in [5, 5.41) is 6.79. The van der Waals surface area contributed by atoms with Gasteiger partial charge in [0.2, 0.25) is 0 Å². The third kappa shape index (κ3) is 3.17. The zero-order chi connectivity index (χ0) is 18.1. The molecular weight excluding hydrogens is 334 g/mol. The number of halogens is 2. The van der Waals surface area contributed by atoms with E-state index >= 15 is 0 Å². The van der Waals surface area contributed by atoms with Crippen LogP contribution in [0.25, 0.3) is 11.1 Å². The lowest BCUT2D eigenvalue weighted by Gasteiger charge is -2.09. The Morgan fingerprint density at radius 1 is 1.44 bits per heavy atom. The van der Waals surface area contributed by atoms with Crippen LogP contribution < -0.4 is 10.1 Å². The van der Waals surface area contributed by atoms with Gasteiger partial charge in [0.05, 0.1) is 11.8 Å². The number of carbonyl (C=O) groups excluding carboxylic acids is 1. The maximum absolute atomic E-state index is 12.6. The van der Waals surface area contributed by atoms with Gasteiger partial charge in [-0.1, -0.05) is 6.92 Å². The van der Waals surface area contributed by atoms with Crippen LogP contribution in [0.3, 0.4) is 0 Å². The number of rotatable bonds is 5. The first-order valence-corrected chi connectivity index (χ1v) is 7.57. The summed E-state index contributed by atoms with van der Waals surface area (Å²) in [4.78, 5) is 16.8. The number of amides is 1. The second-order valence-electron chi connectivity index (χ2n) is 5.38. The van der Waals surface area contributed by atoms with Gasteiger partial charge in [0, 0.05) is 19.0 Å². The topological polar surface area (TPSA) is 82.2 Å². The highest BCUT2D eigenvalue weighted by Gasteiger charge is 2.21. The molecule has 0 unspecified atom stereocenters. The van der Waals surface area contributed by atoms with Gasteiger partial charge in [-0.05, 0) is 19.1 Å². The van der Waals surface area contributed by atoms with Crippen molar-refractivity contribution in [2.45, 2.75) is 26.9 Å². The Labute approximate surface area is 141 Å². The maximum Gasteiger partial charge on any atom is 0.387 e. The lowest BCUT2D eigenvalue weighted by atomic mass is 10.1. The SMILES string of the molecule is CCc1nc2c(OC(F)F)ccc(C(=O)Nc3c(C)cnn3C)c2o1. The number of hydrogen-bond acceptors (Lipinski definition) is 5. The number of ether oxygens (including phenoxy) is 1. The van der Waals surface area contributed by atoms with E-state index in [1.54, 1.807) is 27.1 Å². The van der Waals surface area contributed by atoms with Crippen LogP contribution in [-0.2, 0) is 13.5 Å². The van der Waals surface area contributed by atoms with Crippen LogP contribution >= 0.6 is 0 Å². The van der Waals surface area contributed by atoms with E-state index in [-0.39, 0.29) is 22.4 Å². The second kappa shape index (κ2) is 6.50. The highest BCUT2D eigenvalue weighted by Crippen LogP contribution is 2.31. The number of carbonyl (C=O) groups is 1. The Balaban J connectivity index is 2.04. The third-order valence-corrected chi connectivity index (χ3v) is 3.67. The van der Waals surface area contributed by atoms with Crippen LogP contribution in [0.2, 0.25) is 0 Å². The molecule has 132 valence electrons. The highest BCUT2D eigenvalue weighted by molar-refractivity contribution is 6.11. The largest absolute Gasteiger partial charge is 0.440 e. The van der Waals surface area contributed by atoms with Crippen molar-refractivity contribution in [1.29, 1.82) is 0 Å². The Hall–Kier alpha value is -2.97. The van der Waals surface area contributed by atoms with E-state index in [0.717, 1.165) is 5.56 Å². The molecule has 0 saturated carbocycles. The molecule has 1 amide bonds. The van der Waals surface area contributed by atoms with E-state index in [9.17, 15) is 13.6 Å². The Bertz CT molecular complexity index is 913. The van der Waals surface area contributed by atoms with Crippen LogP contribution in [0.1, 0.15) is 28.7 Å². The fraction of sp³-hybridized carbons (Fsp3) is 0.312. The smallest absolute Gasteiger partial charge is 0.387 e. The minimum Gasteiger partial charge on any atom is -0.440 e. The van der Waals surface area contributed by atoms with Gasteiger partial charge in [0.1, 0.15) is 5.82 Å². The summed E-state index contributed by atoms with van der Waals surface area (Å²) in [5.41, 5.74) is 1.15. The number of hydrogen-bond donors (Lipinski definition) is 1. The first kappa shape index (κ1) is 16.9. The van der Waals surface area contributed by atoms with Crippen LogP contribution in [0.4, 0.5) is 14.6 Å². The highest BCUT2D eigenvalue weighted by atomic mass is 19.3. The summed E-state index contributed by atoms with van der Waals surface area (Å²) in [6.07, 6.45) is 2.07. The average molecular weight is 350 g/mol. The molecule has 0 aliphatic rings. The van der Waals surface area contributed by atoms with Crippen molar-refractivity contribution in [1.82, 2.24) is 14.8 Å². The minimum atomic E-state index is -3.00. The molecule has 3 aromatic rings. The van der Waals surface area contributed by atoms with Crippen molar-refractivity contribution >= 4 is 22.8 Å². The van der Waals surface area contributed by atoms with Crippen LogP contribution in [-0.4, -0.2) is 27.3 Å². The third-order valence-electron chi connectivity index (χ3n) is 3.67. The molecular formula is C16H16F2N4O3. The van der Waals surface area contributed by atoms with E-state index in [0.29, 0.717) is 18.1 Å². The fourth-order valence-corrected chi connectivity index (χ4v) is 2.45. The average Bonchev–Trinajstić information content (AvgIpc) is 3.13. The summed E-state index contributed by atoms with van der Waals surface area (Å²) >= 11 is 0. The van der Waals surface area contributed by atoms with Gasteiger partial charge in [-0.25, -0.2) is 4.98 Å². The summed E-state index contributed by atoms with van der Waals surface area (Å²) in [5.74, 6) is 0.258.